The molecule has 0 aromatic heterocycles. The molecule has 0 amide bonds. The maximum Gasteiger partial charge on any atom is 0.120 e. The van der Waals surface area contributed by atoms with Crippen molar-refractivity contribution in [2.75, 3.05) is 13.2 Å². The maximum absolute atomic E-state index is 9.89. The molecule has 1 saturated carbocycles. The fourth-order valence-corrected chi connectivity index (χ4v) is 2.68. The van der Waals surface area contributed by atoms with Crippen LogP contribution in [0, 0.1) is 5.92 Å². The highest BCUT2D eigenvalue weighted by molar-refractivity contribution is 6.30. The molecule has 0 radical (unpaired) electrons. The minimum atomic E-state index is -0.491. The maximum atomic E-state index is 9.89. The summed E-state index contributed by atoms with van der Waals surface area (Å²) in [6, 6.07) is 7.77. The molecule has 0 bridgehead atoms. The number of hydrogen-bond acceptors (Lipinski definition) is 3. The second-order valence-corrected chi connectivity index (χ2v) is 5.88. The molecule has 0 saturated heterocycles. The van der Waals surface area contributed by atoms with Gasteiger partial charge < -0.3 is 15.2 Å². The number of nitrogens with one attached hydrogen (secondary N) is 1. The highest BCUT2D eigenvalue weighted by Gasteiger charge is 2.21. The van der Waals surface area contributed by atoms with Gasteiger partial charge in [0.05, 0.1) is 0 Å². The normalized spacial score (nSPS) is 24.4. The Morgan fingerprint density at radius 3 is 3.00 bits per heavy atom. The standard InChI is InChI=1S/C15H22ClNO2/c1-11-5-6-13(7-11)17-9-14(18)10-19-15-4-2-3-12(16)8-15/h2-4,8,11,13-14,17-18H,5-7,9-10H2,1H3. The molecule has 2 rings (SSSR count). The topological polar surface area (TPSA) is 41.5 Å². The fourth-order valence-electron chi connectivity index (χ4n) is 2.50. The van der Waals surface area contributed by atoms with E-state index in [9.17, 15) is 5.11 Å². The predicted molar refractivity (Wildman–Crippen MR) is 77.8 cm³/mol. The van der Waals surface area contributed by atoms with E-state index in [1.165, 1.54) is 19.3 Å². The van der Waals surface area contributed by atoms with Crippen LogP contribution >= 0.6 is 11.6 Å². The van der Waals surface area contributed by atoms with Gasteiger partial charge in [0.2, 0.25) is 0 Å². The van der Waals surface area contributed by atoms with Crippen molar-refractivity contribution in [2.24, 2.45) is 5.92 Å². The van der Waals surface area contributed by atoms with Crippen LogP contribution in [0.4, 0.5) is 0 Å². The second kappa shape index (κ2) is 7.13. The molecule has 0 spiro atoms. The molecule has 0 aliphatic heterocycles. The second-order valence-electron chi connectivity index (χ2n) is 5.45. The summed E-state index contributed by atoms with van der Waals surface area (Å²) in [4.78, 5) is 0. The first kappa shape index (κ1) is 14.6. The first-order chi connectivity index (χ1) is 9.13. The van der Waals surface area contributed by atoms with Crippen molar-refractivity contribution < 1.29 is 9.84 Å². The van der Waals surface area contributed by atoms with E-state index in [0.717, 1.165) is 5.92 Å². The number of aliphatic hydroxyl groups is 1. The van der Waals surface area contributed by atoms with Crippen LogP contribution < -0.4 is 10.1 Å². The van der Waals surface area contributed by atoms with E-state index >= 15 is 0 Å². The van der Waals surface area contributed by atoms with Gasteiger partial charge in [0.25, 0.3) is 0 Å². The molecule has 106 valence electrons. The third kappa shape index (κ3) is 5.01. The van der Waals surface area contributed by atoms with E-state index in [1.807, 2.05) is 12.1 Å². The van der Waals surface area contributed by atoms with Gasteiger partial charge in [-0.2, -0.15) is 0 Å². The molecule has 3 atom stereocenters. The number of benzene rings is 1. The van der Waals surface area contributed by atoms with Crippen LogP contribution in [-0.4, -0.2) is 30.4 Å². The van der Waals surface area contributed by atoms with Crippen LogP contribution in [0.15, 0.2) is 24.3 Å². The summed E-state index contributed by atoms with van der Waals surface area (Å²) in [5.74, 6) is 1.50. The molecule has 1 fully saturated rings. The van der Waals surface area contributed by atoms with Gasteiger partial charge in [-0.25, -0.2) is 0 Å². The number of rotatable bonds is 6. The lowest BCUT2D eigenvalue weighted by molar-refractivity contribution is 0.103. The van der Waals surface area contributed by atoms with E-state index in [-0.39, 0.29) is 6.61 Å². The highest BCUT2D eigenvalue weighted by atomic mass is 35.5. The Morgan fingerprint density at radius 2 is 2.32 bits per heavy atom. The van der Waals surface area contributed by atoms with E-state index in [0.29, 0.717) is 23.4 Å². The van der Waals surface area contributed by atoms with Crippen LogP contribution in [0.2, 0.25) is 5.02 Å². The monoisotopic (exact) mass is 283 g/mol. The third-order valence-corrected chi connectivity index (χ3v) is 3.81. The van der Waals surface area contributed by atoms with Crippen LogP contribution in [0.5, 0.6) is 5.75 Å². The molecular formula is C15H22ClNO2. The molecule has 1 aromatic carbocycles. The van der Waals surface area contributed by atoms with Crippen molar-refractivity contribution in [1.82, 2.24) is 5.32 Å². The van der Waals surface area contributed by atoms with Gasteiger partial charge >= 0.3 is 0 Å². The zero-order valence-corrected chi connectivity index (χ0v) is 12.1. The lowest BCUT2D eigenvalue weighted by atomic mass is 10.1. The number of ether oxygens (including phenoxy) is 1. The molecule has 3 unspecified atom stereocenters. The number of hydrogen-bond donors (Lipinski definition) is 2. The molecule has 1 aliphatic carbocycles. The van der Waals surface area contributed by atoms with Crippen molar-refractivity contribution in [3.63, 3.8) is 0 Å². The summed E-state index contributed by atoms with van der Waals surface area (Å²) in [7, 11) is 0. The Hall–Kier alpha value is -0.770. The van der Waals surface area contributed by atoms with Crippen molar-refractivity contribution in [2.45, 2.75) is 38.3 Å². The quantitative estimate of drug-likeness (QED) is 0.843. The molecule has 4 heteroatoms. The average Bonchev–Trinajstić information content (AvgIpc) is 2.80. The predicted octanol–water partition coefficient (Wildman–Crippen LogP) is 2.86. The average molecular weight is 284 g/mol. The largest absolute Gasteiger partial charge is 0.491 e. The van der Waals surface area contributed by atoms with Gasteiger partial charge in [0.15, 0.2) is 0 Å². The van der Waals surface area contributed by atoms with Crippen molar-refractivity contribution >= 4 is 11.6 Å². The summed E-state index contributed by atoms with van der Waals surface area (Å²) in [6.45, 7) is 3.15. The van der Waals surface area contributed by atoms with Gasteiger partial charge in [0.1, 0.15) is 18.5 Å². The summed E-state index contributed by atoms with van der Waals surface area (Å²) < 4.78 is 5.51. The minimum Gasteiger partial charge on any atom is -0.491 e. The zero-order valence-electron chi connectivity index (χ0n) is 11.3. The van der Waals surface area contributed by atoms with Crippen molar-refractivity contribution in [3.8, 4) is 5.75 Å². The van der Waals surface area contributed by atoms with Crippen molar-refractivity contribution in [3.05, 3.63) is 29.3 Å². The molecule has 1 aromatic rings. The number of halogens is 1. The Morgan fingerprint density at radius 1 is 1.47 bits per heavy atom. The van der Waals surface area contributed by atoms with Crippen LogP contribution in [0.1, 0.15) is 26.2 Å². The first-order valence-corrected chi connectivity index (χ1v) is 7.31. The van der Waals surface area contributed by atoms with E-state index < -0.39 is 6.10 Å². The van der Waals surface area contributed by atoms with E-state index in [1.54, 1.807) is 12.1 Å². The summed E-state index contributed by atoms with van der Waals surface area (Å²) >= 11 is 5.87. The van der Waals surface area contributed by atoms with Crippen LogP contribution in [0.3, 0.4) is 0 Å². The lowest BCUT2D eigenvalue weighted by Crippen LogP contribution is -2.36. The zero-order chi connectivity index (χ0) is 13.7. The smallest absolute Gasteiger partial charge is 0.120 e. The van der Waals surface area contributed by atoms with Gasteiger partial charge in [0, 0.05) is 17.6 Å². The Bertz CT molecular complexity index is 399. The molecule has 0 heterocycles. The Kier molecular flexibility index (Phi) is 5.49. The lowest BCUT2D eigenvalue weighted by Gasteiger charge is -2.17. The van der Waals surface area contributed by atoms with Gasteiger partial charge in [-0.3, -0.25) is 0 Å². The molecule has 3 nitrogen and oxygen atoms in total. The highest BCUT2D eigenvalue weighted by Crippen LogP contribution is 2.24. The molecule has 1 aliphatic rings. The third-order valence-electron chi connectivity index (χ3n) is 3.58. The fraction of sp³-hybridized carbons (Fsp3) is 0.600. The van der Waals surface area contributed by atoms with Crippen LogP contribution in [-0.2, 0) is 0 Å². The summed E-state index contributed by atoms with van der Waals surface area (Å²) in [5, 5.41) is 13.9. The Balaban J connectivity index is 1.65. The number of aliphatic hydroxyl groups excluding tert-OH is 1. The summed E-state index contributed by atoms with van der Waals surface area (Å²) in [5.41, 5.74) is 0. The van der Waals surface area contributed by atoms with Crippen LogP contribution in [0.25, 0.3) is 0 Å². The molecular weight excluding hydrogens is 262 g/mol. The summed E-state index contributed by atoms with van der Waals surface area (Å²) in [6.07, 6.45) is 3.22. The molecule has 2 N–H and O–H groups in total. The Labute approximate surface area is 119 Å². The first-order valence-electron chi connectivity index (χ1n) is 6.93. The van der Waals surface area contributed by atoms with Gasteiger partial charge in [-0.05, 0) is 43.4 Å². The van der Waals surface area contributed by atoms with Crippen molar-refractivity contribution in [1.29, 1.82) is 0 Å². The van der Waals surface area contributed by atoms with Gasteiger partial charge in [-0.1, -0.05) is 24.6 Å². The minimum absolute atomic E-state index is 0.287. The van der Waals surface area contributed by atoms with E-state index in [2.05, 4.69) is 12.2 Å². The molecule has 19 heavy (non-hydrogen) atoms. The van der Waals surface area contributed by atoms with Gasteiger partial charge in [-0.15, -0.1) is 0 Å². The van der Waals surface area contributed by atoms with E-state index in [4.69, 9.17) is 16.3 Å². The SMILES string of the molecule is CC1CCC(NCC(O)COc2cccc(Cl)c2)C1.